The first-order valence-electron chi connectivity index (χ1n) is 7.35. The van der Waals surface area contributed by atoms with Crippen LogP contribution in [0.2, 0.25) is 0 Å². The zero-order chi connectivity index (χ0) is 16.6. The van der Waals surface area contributed by atoms with E-state index in [-0.39, 0.29) is 30.6 Å². The van der Waals surface area contributed by atoms with Crippen LogP contribution in [0.4, 0.5) is 0 Å². The van der Waals surface area contributed by atoms with Crippen molar-refractivity contribution in [2.24, 2.45) is 0 Å². The molecule has 23 heavy (non-hydrogen) atoms. The van der Waals surface area contributed by atoms with E-state index < -0.39 is 11.9 Å². The molecule has 1 atom stereocenters. The van der Waals surface area contributed by atoms with Crippen LogP contribution in [0, 0.1) is 0 Å². The van der Waals surface area contributed by atoms with E-state index in [1.807, 2.05) is 0 Å². The second kappa shape index (κ2) is 5.83. The molecule has 120 valence electrons. The lowest BCUT2D eigenvalue weighted by Gasteiger charge is -2.29. The van der Waals surface area contributed by atoms with Gasteiger partial charge in [0.05, 0.1) is 0 Å². The summed E-state index contributed by atoms with van der Waals surface area (Å²) in [6, 6.07) is 4.42. The van der Waals surface area contributed by atoms with Crippen LogP contribution in [0.15, 0.2) is 18.2 Å². The minimum Gasteiger partial charge on any atom is -0.486 e. The molecule has 1 aromatic carbocycles. The van der Waals surface area contributed by atoms with Crippen molar-refractivity contribution in [1.29, 1.82) is 0 Å². The predicted molar refractivity (Wildman–Crippen MR) is 78.7 cm³/mol. The topological polar surface area (TPSA) is 92.8 Å². The van der Waals surface area contributed by atoms with Crippen molar-refractivity contribution < 1.29 is 23.9 Å². The maximum atomic E-state index is 12.6. The second-order valence-corrected chi connectivity index (χ2v) is 5.71. The smallest absolute Gasteiger partial charge is 0.255 e. The molecule has 0 spiro atoms. The van der Waals surface area contributed by atoms with Crippen molar-refractivity contribution in [3.63, 3.8) is 0 Å². The quantitative estimate of drug-likeness (QED) is 0.813. The molecule has 2 aliphatic rings. The SMILES string of the molecule is CC(=O)COc1ccc2c(c1)C(=O)N(C1CCC(=O)NC1=O)C2. The molecule has 0 radical (unpaired) electrons. The first kappa shape index (κ1) is 15.2. The van der Waals surface area contributed by atoms with Crippen LogP contribution in [0.1, 0.15) is 35.7 Å². The lowest BCUT2D eigenvalue weighted by molar-refractivity contribution is -0.137. The molecular weight excluding hydrogens is 300 g/mol. The maximum absolute atomic E-state index is 12.6. The van der Waals surface area contributed by atoms with Crippen LogP contribution in [-0.2, 0) is 20.9 Å². The molecule has 2 heterocycles. The highest BCUT2D eigenvalue weighted by molar-refractivity contribution is 6.05. The van der Waals surface area contributed by atoms with Crippen LogP contribution in [0.3, 0.4) is 0 Å². The van der Waals surface area contributed by atoms with Gasteiger partial charge in [0.15, 0.2) is 5.78 Å². The van der Waals surface area contributed by atoms with Gasteiger partial charge in [0.25, 0.3) is 5.91 Å². The van der Waals surface area contributed by atoms with E-state index in [2.05, 4.69) is 5.32 Å². The summed E-state index contributed by atoms with van der Waals surface area (Å²) in [6.45, 7) is 1.69. The third kappa shape index (κ3) is 2.94. The number of ether oxygens (including phenoxy) is 1. The highest BCUT2D eigenvalue weighted by Crippen LogP contribution is 2.30. The standard InChI is InChI=1S/C16H16N2O5/c1-9(19)8-23-11-3-2-10-7-18(16(22)12(10)6-11)13-4-5-14(20)17-15(13)21/h2-3,6,13H,4-5,7-8H2,1H3,(H,17,20,21). The van der Waals surface area contributed by atoms with Gasteiger partial charge in [0, 0.05) is 18.5 Å². The average Bonchev–Trinajstić information content (AvgIpc) is 2.82. The summed E-state index contributed by atoms with van der Waals surface area (Å²) in [5, 5.41) is 2.26. The lowest BCUT2D eigenvalue weighted by atomic mass is 10.0. The largest absolute Gasteiger partial charge is 0.486 e. The van der Waals surface area contributed by atoms with Crippen molar-refractivity contribution in [2.75, 3.05) is 6.61 Å². The normalized spacial score (nSPS) is 20.3. The average molecular weight is 316 g/mol. The molecule has 7 heteroatoms. The summed E-state index contributed by atoms with van der Waals surface area (Å²) in [5.74, 6) is -0.673. The number of hydrogen-bond donors (Lipinski definition) is 1. The van der Waals surface area contributed by atoms with Crippen LogP contribution >= 0.6 is 0 Å². The fourth-order valence-electron chi connectivity index (χ4n) is 2.81. The van der Waals surface area contributed by atoms with Crippen LogP contribution in [-0.4, -0.2) is 41.1 Å². The molecular formula is C16H16N2O5. The Balaban J connectivity index is 1.78. The molecule has 0 aliphatic carbocycles. The molecule has 1 unspecified atom stereocenters. The van der Waals surface area contributed by atoms with E-state index in [1.54, 1.807) is 18.2 Å². The summed E-state index contributed by atoms with van der Waals surface area (Å²) in [7, 11) is 0. The number of carbonyl (C=O) groups is 4. The van der Waals surface area contributed by atoms with Gasteiger partial charge in [-0.1, -0.05) is 6.07 Å². The number of amides is 3. The van der Waals surface area contributed by atoms with Crippen molar-refractivity contribution >= 4 is 23.5 Å². The zero-order valence-electron chi connectivity index (χ0n) is 12.6. The van der Waals surface area contributed by atoms with Crippen molar-refractivity contribution in [1.82, 2.24) is 10.2 Å². The fraction of sp³-hybridized carbons (Fsp3) is 0.375. The summed E-state index contributed by atoms with van der Waals surface area (Å²) in [5.41, 5.74) is 1.27. The first-order valence-corrected chi connectivity index (χ1v) is 7.35. The van der Waals surface area contributed by atoms with E-state index in [1.165, 1.54) is 11.8 Å². The number of Topliss-reactive ketones (excluding diaryl/α,β-unsaturated/α-hetero) is 1. The van der Waals surface area contributed by atoms with Gasteiger partial charge in [0.1, 0.15) is 18.4 Å². The Morgan fingerprint density at radius 2 is 2.13 bits per heavy atom. The number of rotatable bonds is 4. The van der Waals surface area contributed by atoms with Crippen LogP contribution in [0.25, 0.3) is 0 Å². The molecule has 1 N–H and O–H groups in total. The van der Waals surface area contributed by atoms with Gasteiger partial charge in [-0.3, -0.25) is 24.5 Å². The molecule has 3 amide bonds. The van der Waals surface area contributed by atoms with E-state index in [0.717, 1.165) is 5.56 Å². The summed E-state index contributed by atoms with van der Waals surface area (Å²) in [4.78, 5) is 48.2. The fourth-order valence-corrected chi connectivity index (χ4v) is 2.81. The van der Waals surface area contributed by atoms with Gasteiger partial charge in [-0.25, -0.2) is 0 Å². The molecule has 1 fully saturated rings. The third-order valence-corrected chi connectivity index (χ3v) is 3.94. The number of ketones is 1. The van der Waals surface area contributed by atoms with Crippen molar-refractivity contribution in [2.45, 2.75) is 32.4 Å². The number of hydrogen-bond acceptors (Lipinski definition) is 5. The molecule has 2 aliphatic heterocycles. The number of fused-ring (bicyclic) bond motifs is 1. The molecule has 1 aromatic rings. The van der Waals surface area contributed by atoms with Gasteiger partial charge in [-0.15, -0.1) is 0 Å². The Bertz CT molecular complexity index is 712. The number of carbonyl (C=O) groups excluding carboxylic acids is 4. The summed E-state index contributed by atoms with van der Waals surface area (Å²) in [6.07, 6.45) is 0.557. The Morgan fingerprint density at radius 1 is 1.35 bits per heavy atom. The van der Waals surface area contributed by atoms with Gasteiger partial charge in [-0.2, -0.15) is 0 Å². The molecule has 0 aromatic heterocycles. The number of piperidine rings is 1. The Labute approximate surface area is 132 Å². The maximum Gasteiger partial charge on any atom is 0.255 e. The predicted octanol–water partition coefficient (Wildman–Crippen LogP) is 0.415. The van der Waals surface area contributed by atoms with Gasteiger partial charge in [0.2, 0.25) is 11.8 Å². The molecule has 7 nitrogen and oxygen atoms in total. The lowest BCUT2D eigenvalue weighted by Crippen LogP contribution is -2.52. The van der Waals surface area contributed by atoms with Gasteiger partial charge in [-0.05, 0) is 31.0 Å². The second-order valence-electron chi connectivity index (χ2n) is 5.71. The molecule has 0 saturated carbocycles. The monoisotopic (exact) mass is 316 g/mol. The highest BCUT2D eigenvalue weighted by atomic mass is 16.5. The minimum atomic E-state index is -0.630. The first-order chi connectivity index (χ1) is 11.0. The van der Waals surface area contributed by atoms with E-state index in [9.17, 15) is 19.2 Å². The van der Waals surface area contributed by atoms with Crippen molar-refractivity contribution in [3.8, 4) is 5.75 Å². The number of nitrogens with one attached hydrogen (secondary N) is 1. The molecule has 3 rings (SSSR count). The molecule has 0 bridgehead atoms. The number of nitrogens with zero attached hydrogens (tertiary/aromatic N) is 1. The number of imide groups is 1. The minimum absolute atomic E-state index is 0.0518. The summed E-state index contributed by atoms with van der Waals surface area (Å²) < 4.78 is 5.31. The number of benzene rings is 1. The summed E-state index contributed by atoms with van der Waals surface area (Å²) >= 11 is 0. The van der Waals surface area contributed by atoms with E-state index >= 15 is 0 Å². The Kier molecular flexibility index (Phi) is 3.85. The highest BCUT2D eigenvalue weighted by Gasteiger charge is 2.39. The van der Waals surface area contributed by atoms with Crippen LogP contribution in [0.5, 0.6) is 5.75 Å². The van der Waals surface area contributed by atoms with E-state index in [0.29, 0.717) is 24.3 Å². The molecule has 1 saturated heterocycles. The van der Waals surface area contributed by atoms with Crippen LogP contribution < -0.4 is 10.1 Å². The van der Waals surface area contributed by atoms with Gasteiger partial charge < -0.3 is 9.64 Å². The van der Waals surface area contributed by atoms with Gasteiger partial charge >= 0.3 is 0 Å². The Morgan fingerprint density at radius 3 is 2.83 bits per heavy atom. The third-order valence-electron chi connectivity index (χ3n) is 3.94. The van der Waals surface area contributed by atoms with E-state index in [4.69, 9.17) is 4.74 Å². The Hall–Kier alpha value is -2.70. The van der Waals surface area contributed by atoms with Crippen molar-refractivity contribution in [3.05, 3.63) is 29.3 Å². The zero-order valence-corrected chi connectivity index (χ0v) is 12.6.